The van der Waals surface area contributed by atoms with Crippen LogP contribution in [0.5, 0.6) is 0 Å². The maximum atomic E-state index is 13.2. The van der Waals surface area contributed by atoms with Crippen LogP contribution in [0.3, 0.4) is 0 Å². The van der Waals surface area contributed by atoms with E-state index in [9.17, 15) is 14.4 Å². The maximum Gasteiger partial charge on any atom is 0.254 e. The monoisotopic (exact) mass is 644 g/mol. The number of benzene rings is 2. The maximum absolute atomic E-state index is 13.2. The Bertz CT molecular complexity index is 1470. The summed E-state index contributed by atoms with van der Waals surface area (Å²) in [5.41, 5.74) is 1.33. The number of rotatable bonds is 12. The summed E-state index contributed by atoms with van der Waals surface area (Å²) in [5.74, 6) is 0.110. The quantitative estimate of drug-likeness (QED) is 0.198. The summed E-state index contributed by atoms with van der Waals surface area (Å²) in [5, 5.41) is 15.8. The zero-order chi connectivity index (χ0) is 30.9. The van der Waals surface area contributed by atoms with E-state index >= 15 is 0 Å². The van der Waals surface area contributed by atoms with Crippen LogP contribution in [0.25, 0.3) is 0 Å². The number of morpholine rings is 1. The topological polar surface area (TPSA) is 118 Å². The Morgan fingerprint density at radius 1 is 1.12 bits per heavy atom. The standard InChI is InChI=1S/C30H34Cl2N6O4S/c1-4-10-38-27(25(15-19(2)3)34-28(40)23-9-8-21(31)17-24(23)32)35-36-30(38)43-18-26(39)33-22-7-5-6-20(16-22)29(41)37-11-13-42-14-12-37/h4-9,16-17,19,25H,1,10-15,18H2,2-3H3,(H,33,39)(H,34,40)/t25-/m1/s1. The lowest BCUT2D eigenvalue weighted by atomic mass is 10.0. The number of hydrogen-bond donors (Lipinski definition) is 2. The summed E-state index contributed by atoms with van der Waals surface area (Å²) in [6.07, 6.45) is 2.30. The minimum Gasteiger partial charge on any atom is -0.378 e. The fraction of sp³-hybridized carbons (Fsp3) is 0.367. The Balaban J connectivity index is 1.45. The number of ether oxygens (including phenoxy) is 1. The average molecular weight is 646 g/mol. The van der Waals surface area contributed by atoms with Crippen molar-refractivity contribution in [2.45, 2.75) is 38.0 Å². The molecule has 0 radical (unpaired) electrons. The van der Waals surface area contributed by atoms with E-state index < -0.39 is 6.04 Å². The van der Waals surface area contributed by atoms with E-state index in [-0.39, 0.29) is 34.4 Å². The van der Waals surface area contributed by atoms with E-state index in [1.165, 1.54) is 17.8 Å². The van der Waals surface area contributed by atoms with Gasteiger partial charge in [0.2, 0.25) is 5.91 Å². The minimum atomic E-state index is -0.471. The van der Waals surface area contributed by atoms with Crippen LogP contribution >= 0.6 is 35.0 Å². The SMILES string of the molecule is C=CCn1c(SCC(=O)Nc2cccc(C(=O)N3CCOCC3)c2)nnc1[C@@H](CC(C)C)NC(=O)c1ccc(Cl)cc1Cl. The average Bonchev–Trinajstić information content (AvgIpc) is 3.38. The summed E-state index contributed by atoms with van der Waals surface area (Å²) < 4.78 is 7.16. The Morgan fingerprint density at radius 3 is 2.58 bits per heavy atom. The number of anilines is 1. The van der Waals surface area contributed by atoms with Crippen molar-refractivity contribution in [1.29, 1.82) is 0 Å². The highest BCUT2D eigenvalue weighted by molar-refractivity contribution is 7.99. The lowest BCUT2D eigenvalue weighted by Crippen LogP contribution is -2.40. The highest BCUT2D eigenvalue weighted by Crippen LogP contribution is 2.27. The van der Waals surface area contributed by atoms with Crippen LogP contribution in [0, 0.1) is 5.92 Å². The summed E-state index contributed by atoms with van der Waals surface area (Å²) in [6.45, 7) is 10.4. The predicted octanol–water partition coefficient (Wildman–Crippen LogP) is 5.49. The summed E-state index contributed by atoms with van der Waals surface area (Å²) in [6, 6.07) is 11.1. The molecule has 3 aromatic rings. The van der Waals surface area contributed by atoms with Crippen LogP contribution in [0.2, 0.25) is 10.0 Å². The molecular formula is C30H34Cl2N6O4S. The molecule has 10 nitrogen and oxygen atoms in total. The molecule has 13 heteroatoms. The van der Waals surface area contributed by atoms with Gasteiger partial charge in [-0.15, -0.1) is 16.8 Å². The van der Waals surface area contributed by atoms with Crippen LogP contribution < -0.4 is 10.6 Å². The number of carbonyl (C=O) groups excluding carboxylic acids is 3. The first-order valence-corrected chi connectivity index (χ1v) is 15.6. The smallest absolute Gasteiger partial charge is 0.254 e. The molecule has 228 valence electrons. The first-order chi connectivity index (χ1) is 20.7. The Morgan fingerprint density at radius 2 is 1.88 bits per heavy atom. The highest BCUT2D eigenvalue weighted by atomic mass is 35.5. The van der Waals surface area contributed by atoms with Crippen molar-refractivity contribution >= 4 is 58.4 Å². The van der Waals surface area contributed by atoms with Crippen LogP contribution in [0.15, 0.2) is 60.3 Å². The highest BCUT2D eigenvalue weighted by Gasteiger charge is 2.26. The Labute approximate surface area is 265 Å². The number of carbonyl (C=O) groups is 3. The van der Waals surface area contributed by atoms with Crippen molar-refractivity contribution in [3.8, 4) is 0 Å². The number of allylic oxidation sites excluding steroid dienone is 1. The van der Waals surface area contributed by atoms with E-state index in [4.69, 9.17) is 27.9 Å². The van der Waals surface area contributed by atoms with E-state index in [2.05, 4.69) is 27.4 Å². The van der Waals surface area contributed by atoms with Crippen LogP contribution in [0.4, 0.5) is 5.69 Å². The predicted molar refractivity (Wildman–Crippen MR) is 169 cm³/mol. The molecule has 1 aliphatic heterocycles. The molecule has 0 aliphatic carbocycles. The molecule has 2 N–H and O–H groups in total. The van der Waals surface area contributed by atoms with Gasteiger partial charge in [-0.25, -0.2) is 0 Å². The largest absolute Gasteiger partial charge is 0.378 e. The molecular weight excluding hydrogens is 611 g/mol. The second-order valence-electron chi connectivity index (χ2n) is 10.3. The number of halogens is 2. The zero-order valence-corrected chi connectivity index (χ0v) is 26.3. The minimum absolute atomic E-state index is 0.0541. The van der Waals surface area contributed by atoms with Gasteiger partial charge in [-0.3, -0.25) is 14.4 Å². The van der Waals surface area contributed by atoms with Gasteiger partial charge in [0.15, 0.2) is 11.0 Å². The lowest BCUT2D eigenvalue weighted by molar-refractivity contribution is -0.113. The molecule has 1 fully saturated rings. The molecule has 1 aromatic heterocycles. The van der Waals surface area contributed by atoms with E-state index in [1.54, 1.807) is 47.4 Å². The van der Waals surface area contributed by atoms with Gasteiger partial charge in [-0.05, 0) is 48.7 Å². The third kappa shape index (κ3) is 8.82. The fourth-order valence-electron chi connectivity index (χ4n) is 4.58. The lowest BCUT2D eigenvalue weighted by Gasteiger charge is -2.27. The zero-order valence-electron chi connectivity index (χ0n) is 24.0. The summed E-state index contributed by atoms with van der Waals surface area (Å²) >= 11 is 13.5. The second kappa shape index (κ2) is 15.4. The third-order valence-electron chi connectivity index (χ3n) is 6.58. The van der Waals surface area contributed by atoms with E-state index in [1.807, 2.05) is 18.4 Å². The molecule has 0 unspecified atom stereocenters. The second-order valence-corrected chi connectivity index (χ2v) is 12.1. The molecule has 0 saturated carbocycles. The number of nitrogens with one attached hydrogen (secondary N) is 2. The van der Waals surface area contributed by atoms with Crippen molar-refractivity contribution < 1.29 is 19.1 Å². The molecule has 1 atom stereocenters. The number of hydrogen-bond acceptors (Lipinski definition) is 7. The number of nitrogens with zero attached hydrogens (tertiary/aromatic N) is 4. The first kappa shape index (κ1) is 32.5. The van der Waals surface area contributed by atoms with Crippen molar-refractivity contribution in [3.05, 3.63) is 82.1 Å². The number of thioether (sulfide) groups is 1. The van der Waals surface area contributed by atoms with Crippen molar-refractivity contribution in [1.82, 2.24) is 25.0 Å². The molecule has 2 heterocycles. The van der Waals surface area contributed by atoms with Crippen LogP contribution in [-0.2, 0) is 16.1 Å². The van der Waals surface area contributed by atoms with Gasteiger partial charge in [0.05, 0.1) is 35.6 Å². The summed E-state index contributed by atoms with van der Waals surface area (Å²) in [7, 11) is 0. The molecule has 0 spiro atoms. The van der Waals surface area contributed by atoms with E-state index in [0.717, 1.165) is 0 Å². The van der Waals surface area contributed by atoms with Crippen molar-refractivity contribution in [2.24, 2.45) is 5.92 Å². The van der Waals surface area contributed by atoms with Gasteiger partial charge in [0.25, 0.3) is 11.8 Å². The van der Waals surface area contributed by atoms with Crippen molar-refractivity contribution in [3.63, 3.8) is 0 Å². The summed E-state index contributed by atoms with van der Waals surface area (Å²) in [4.78, 5) is 40.6. The fourth-order valence-corrected chi connectivity index (χ4v) is 5.83. The molecule has 1 aliphatic rings. The molecule has 2 aromatic carbocycles. The van der Waals surface area contributed by atoms with Crippen LogP contribution in [0.1, 0.15) is 52.9 Å². The van der Waals surface area contributed by atoms with Crippen molar-refractivity contribution in [2.75, 3.05) is 37.4 Å². The normalized spacial score (nSPS) is 13.9. The third-order valence-corrected chi connectivity index (χ3v) is 8.10. The van der Waals surface area contributed by atoms with Crippen LogP contribution in [-0.4, -0.2) is 69.4 Å². The van der Waals surface area contributed by atoms with Gasteiger partial charge < -0.3 is 24.8 Å². The molecule has 3 amide bonds. The molecule has 1 saturated heterocycles. The molecule has 0 bridgehead atoms. The van der Waals surface area contributed by atoms with Gasteiger partial charge in [0.1, 0.15) is 0 Å². The van der Waals surface area contributed by atoms with Gasteiger partial charge in [0, 0.05) is 35.9 Å². The van der Waals surface area contributed by atoms with Gasteiger partial charge in [-0.1, -0.05) is 61.0 Å². The Hall–Kier alpha value is -3.38. The molecule has 43 heavy (non-hydrogen) atoms. The van der Waals surface area contributed by atoms with Gasteiger partial charge in [-0.2, -0.15) is 0 Å². The van der Waals surface area contributed by atoms with E-state index in [0.29, 0.717) is 72.1 Å². The van der Waals surface area contributed by atoms with Gasteiger partial charge >= 0.3 is 0 Å². The first-order valence-electron chi connectivity index (χ1n) is 13.9. The Kier molecular flexibility index (Phi) is 11.6. The number of amides is 3. The number of aromatic nitrogens is 3. The molecule has 4 rings (SSSR count).